The Balaban J connectivity index is 1.83. The molecule has 0 radical (unpaired) electrons. The molecule has 1 saturated heterocycles. The van der Waals surface area contributed by atoms with Gasteiger partial charge in [0.2, 0.25) is 21.8 Å². The van der Waals surface area contributed by atoms with E-state index in [2.05, 4.69) is 10.0 Å². The number of amides is 2. The van der Waals surface area contributed by atoms with Crippen LogP contribution in [0, 0.1) is 0 Å². The van der Waals surface area contributed by atoms with Crippen LogP contribution < -0.4 is 10.0 Å². The zero-order valence-corrected chi connectivity index (χ0v) is 13.0. The van der Waals surface area contributed by atoms with E-state index in [9.17, 15) is 18.0 Å². The van der Waals surface area contributed by atoms with Crippen LogP contribution in [-0.2, 0) is 19.6 Å². The summed E-state index contributed by atoms with van der Waals surface area (Å²) in [6, 6.07) is 3.16. The average Bonchev–Trinajstić information content (AvgIpc) is 2.89. The molecule has 0 atom stereocenters. The van der Waals surface area contributed by atoms with Gasteiger partial charge in [0.1, 0.15) is 4.21 Å². The first-order valence-corrected chi connectivity index (χ1v) is 8.93. The molecule has 0 bridgehead atoms. The van der Waals surface area contributed by atoms with Crippen molar-refractivity contribution in [1.82, 2.24) is 14.9 Å². The Kier molecular flexibility index (Phi) is 5.32. The summed E-state index contributed by atoms with van der Waals surface area (Å²) in [6.07, 6.45) is 0.746. The number of nitrogens with zero attached hydrogens (tertiary/aromatic N) is 1. The molecule has 21 heavy (non-hydrogen) atoms. The van der Waals surface area contributed by atoms with Gasteiger partial charge in [-0.1, -0.05) is 6.07 Å². The van der Waals surface area contributed by atoms with Gasteiger partial charge >= 0.3 is 0 Å². The molecule has 0 aliphatic carbocycles. The molecule has 1 aromatic rings. The Bertz CT molecular complexity index is 598. The number of nitrogens with one attached hydrogen (secondary N) is 2. The van der Waals surface area contributed by atoms with Gasteiger partial charge in [-0.25, -0.2) is 13.1 Å². The second kappa shape index (κ2) is 7.01. The van der Waals surface area contributed by atoms with E-state index in [1.165, 1.54) is 11.0 Å². The molecule has 0 unspecified atom stereocenters. The summed E-state index contributed by atoms with van der Waals surface area (Å²) in [5.41, 5.74) is 0. The van der Waals surface area contributed by atoms with Crippen molar-refractivity contribution in [3.8, 4) is 0 Å². The highest BCUT2D eigenvalue weighted by Gasteiger charge is 2.20. The second-order valence-corrected chi connectivity index (χ2v) is 7.54. The SMILES string of the molecule is O=C1CN(C(=O)CCNS(=O)(=O)c2cccs2)CCCN1. The highest BCUT2D eigenvalue weighted by Crippen LogP contribution is 2.15. The van der Waals surface area contributed by atoms with E-state index in [1.807, 2.05) is 0 Å². The first-order valence-electron chi connectivity index (χ1n) is 6.57. The van der Waals surface area contributed by atoms with Crippen molar-refractivity contribution in [2.24, 2.45) is 0 Å². The lowest BCUT2D eigenvalue weighted by atomic mass is 10.3. The van der Waals surface area contributed by atoms with E-state index in [1.54, 1.807) is 11.4 Å². The first-order chi connectivity index (χ1) is 9.99. The lowest BCUT2D eigenvalue weighted by molar-refractivity contribution is -0.135. The molecule has 0 saturated carbocycles. The summed E-state index contributed by atoms with van der Waals surface area (Å²) in [4.78, 5) is 24.8. The maximum absolute atomic E-state index is 12.0. The van der Waals surface area contributed by atoms with Crippen molar-refractivity contribution in [3.05, 3.63) is 17.5 Å². The minimum Gasteiger partial charge on any atom is -0.354 e. The molecule has 2 amide bonds. The number of thiophene rings is 1. The summed E-state index contributed by atoms with van der Waals surface area (Å²) in [5, 5.41) is 4.36. The predicted molar refractivity (Wildman–Crippen MR) is 78.3 cm³/mol. The molecule has 0 spiro atoms. The van der Waals surface area contributed by atoms with E-state index in [0.29, 0.717) is 19.5 Å². The Hall–Kier alpha value is -1.45. The fraction of sp³-hybridized carbons (Fsp3) is 0.500. The van der Waals surface area contributed by atoms with Crippen LogP contribution in [0.3, 0.4) is 0 Å². The molecular formula is C12H17N3O4S2. The van der Waals surface area contributed by atoms with E-state index in [-0.39, 0.29) is 35.5 Å². The summed E-state index contributed by atoms with van der Waals surface area (Å²) in [5.74, 6) is -0.402. The number of carbonyl (C=O) groups is 2. The highest BCUT2D eigenvalue weighted by molar-refractivity contribution is 7.91. The quantitative estimate of drug-likeness (QED) is 0.779. The zero-order chi connectivity index (χ0) is 15.3. The second-order valence-electron chi connectivity index (χ2n) is 4.60. The van der Waals surface area contributed by atoms with Crippen LogP contribution in [-0.4, -0.2) is 51.3 Å². The van der Waals surface area contributed by atoms with Crippen molar-refractivity contribution < 1.29 is 18.0 Å². The zero-order valence-electron chi connectivity index (χ0n) is 11.4. The number of carbonyl (C=O) groups excluding carboxylic acids is 2. The highest BCUT2D eigenvalue weighted by atomic mass is 32.2. The van der Waals surface area contributed by atoms with E-state index in [0.717, 1.165) is 11.3 Å². The van der Waals surface area contributed by atoms with Gasteiger partial charge in [-0.05, 0) is 17.9 Å². The van der Waals surface area contributed by atoms with Crippen LogP contribution >= 0.6 is 11.3 Å². The standard InChI is InChI=1S/C12H17N3O4S2/c16-10-9-15(7-2-5-13-10)11(17)4-6-14-21(18,19)12-3-1-8-20-12/h1,3,8,14H,2,4-7,9H2,(H,13,16). The lowest BCUT2D eigenvalue weighted by Gasteiger charge is -2.18. The third-order valence-corrected chi connectivity index (χ3v) is 5.86. The van der Waals surface area contributed by atoms with Gasteiger partial charge in [0.15, 0.2) is 0 Å². The topological polar surface area (TPSA) is 95.6 Å². The Labute approximate surface area is 127 Å². The monoisotopic (exact) mass is 331 g/mol. The van der Waals surface area contributed by atoms with E-state index >= 15 is 0 Å². The molecule has 116 valence electrons. The van der Waals surface area contributed by atoms with Gasteiger partial charge in [0, 0.05) is 26.1 Å². The molecule has 0 aromatic carbocycles. The van der Waals surface area contributed by atoms with Gasteiger partial charge in [-0.2, -0.15) is 0 Å². The van der Waals surface area contributed by atoms with Crippen LogP contribution in [0.2, 0.25) is 0 Å². The summed E-state index contributed by atoms with van der Waals surface area (Å²) >= 11 is 1.12. The maximum atomic E-state index is 12.0. The van der Waals surface area contributed by atoms with Gasteiger partial charge in [-0.3, -0.25) is 9.59 Å². The van der Waals surface area contributed by atoms with Crippen molar-refractivity contribution in [2.45, 2.75) is 17.1 Å². The largest absolute Gasteiger partial charge is 0.354 e. The molecule has 2 rings (SSSR count). The van der Waals surface area contributed by atoms with E-state index < -0.39 is 10.0 Å². The normalized spacial score (nSPS) is 16.4. The Morgan fingerprint density at radius 2 is 2.29 bits per heavy atom. The molecular weight excluding hydrogens is 314 g/mol. The van der Waals surface area contributed by atoms with Gasteiger partial charge in [0.05, 0.1) is 6.54 Å². The fourth-order valence-corrected chi connectivity index (χ4v) is 4.03. The maximum Gasteiger partial charge on any atom is 0.250 e. The molecule has 1 aliphatic rings. The van der Waals surface area contributed by atoms with Crippen LogP contribution in [0.4, 0.5) is 0 Å². The van der Waals surface area contributed by atoms with Crippen molar-refractivity contribution in [2.75, 3.05) is 26.2 Å². The minimum atomic E-state index is -3.54. The van der Waals surface area contributed by atoms with Crippen molar-refractivity contribution >= 4 is 33.2 Å². The molecule has 2 N–H and O–H groups in total. The number of hydrogen-bond donors (Lipinski definition) is 2. The van der Waals surface area contributed by atoms with E-state index in [4.69, 9.17) is 0 Å². The number of sulfonamides is 1. The van der Waals surface area contributed by atoms with Crippen LogP contribution in [0.5, 0.6) is 0 Å². The predicted octanol–water partition coefficient (Wildman–Crippen LogP) is -0.235. The Morgan fingerprint density at radius 3 is 3.00 bits per heavy atom. The van der Waals surface area contributed by atoms with Crippen LogP contribution in [0.25, 0.3) is 0 Å². The molecule has 1 aliphatic heterocycles. The lowest BCUT2D eigenvalue weighted by Crippen LogP contribution is -2.39. The number of rotatable bonds is 5. The van der Waals surface area contributed by atoms with Crippen LogP contribution in [0.15, 0.2) is 21.7 Å². The van der Waals surface area contributed by atoms with Gasteiger partial charge in [-0.15, -0.1) is 11.3 Å². The molecule has 9 heteroatoms. The van der Waals surface area contributed by atoms with Crippen molar-refractivity contribution in [1.29, 1.82) is 0 Å². The smallest absolute Gasteiger partial charge is 0.250 e. The van der Waals surface area contributed by atoms with Crippen molar-refractivity contribution in [3.63, 3.8) is 0 Å². The summed E-state index contributed by atoms with van der Waals surface area (Å²) < 4.78 is 26.4. The minimum absolute atomic E-state index is 0.0250. The summed E-state index contributed by atoms with van der Waals surface area (Å²) in [6.45, 7) is 1.14. The molecule has 1 aromatic heterocycles. The molecule has 1 fully saturated rings. The molecule has 2 heterocycles. The fourth-order valence-electron chi connectivity index (χ4n) is 1.96. The van der Waals surface area contributed by atoms with Gasteiger partial charge in [0.25, 0.3) is 0 Å². The average molecular weight is 331 g/mol. The first kappa shape index (κ1) is 15.9. The molecule has 7 nitrogen and oxygen atoms in total. The number of hydrogen-bond acceptors (Lipinski definition) is 5. The Morgan fingerprint density at radius 1 is 1.48 bits per heavy atom. The summed E-state index contributed by atoms with van der Waals surface area (Å²) in [7, 11) is -3.54. The van der Waals surface area contributed by atoms with Crippen LogP contribution in [0.1, 0.15) is 12.8 Å². The third-order valence-electron chi connectivity index (χ3n) is 3.01. The van der Waals surface area contributed by atoms with Gasteiger partial charge < -0.3 is 10.2 Å². The third kappa shape index (κ3) is 4.51.